The molecule has 2 aliphatic rings. The summed E-state index contributed by atoms with van der Waals surface area (Å²) in [5, 5.41) is 18.0. The maximum absolute atomic E-state index is 12.6. The van der Waals surface area contributed by atoms with E-state index in [1.165, 1.54) is 19.3 Å². The largest absolute Gasteiger partial charge is 0.481 e. The summed E-state index contributed by atoms with van der Waals surface area (Å²) in [6, 6.07) is 8.14. The lowest BCUT2D eigenvalue weighted by atomic mass is 9.95. The number of carboxylic acids is 1. The van der Waals surface area contributed by atoms with Crippen molar-refractivity contribution >= 4 is 28.4 Å². The molecule has 0 bridgehead atoms. The molecule has 7 heteroatoms. The zero-order valence-electron chi connectivity index (χ0n) is 16.1. The third-order valence-corrected chi connectivity index (χ3v) is 6.30. The number of H-pyrrole nitrogens is 1. The quantitative estimate of drug-likeness (QED) is 0.627. The van der Waals surface area contributed by atoms with Gasteiger partial charge in [0.2, 0.25) is 0 Å². The fraction of sp³-hybridized carbons (Fsp3) is 0.409. The van der Waals surface area contributed by atoms with E-state index < -0.39 is 5.97 Å². The molecule has 1 unspecified atom stereocenters. The Kier molecular flexibility index (Phi) is 4.38. The van der Waals surface area contributed by atoms with E-state index >= 15 is 0 Å². The van der Waals surface area contributed by atoms with Gasteiger partial charge in [-0.1, -0.05) is 25.3 Å². The maximum atomic E-state index is 12.6. The number of aromatic nitrogens is 3. The summed E-state index contributed by atoms with van der Waals surface area (Å²) >= 11 is 0. The first kappa shape index (κ1) is 18.0. The topological polar surface area (TPSA) is 100 Å². The highest BCUT2D eigenvalue weighted by Crippen LogP contribution is 2.34. The third kappa shape index (κ3) is 3.20. The van der Waals surface area contributed by atoms with Gasteiger partial charge in [-0.25, -0.2) is 0 Å². The second-order valence-corrected chi connectivity index (χ2v) is 8.20. The molecule has 29 heavy (non-hydrogen) atoms. The average molecular weight is 392 g/mol. The number of nitrogens with zero attached hydrogens (tertiary/aromatic N) is 2. The Morgan fingerprint density at radius 2 is 1.93 bits per heavy atom. The number of aromatic amines is 1. The van der Waals surface area contributed by atoms with Crippen molar-refractivity contribution in [1.29, 1.82) is 0 Å². The van der Waals surface area contributed by atoms with E-state index in [4.69, 9.17) is 5.10 Å². The van der Waals surface area contributed by atoms with Gasteiger partial charge in [-0.15, -0.1) is 0 Å². The molecule has 150 valence electrons. The number of benzene rings is 1. The first-order valence-electron chi connectivity index (χ1n) is 10.3. The van der Waals surface area contributed by atoms with Gasteiger partial charge in [0.1, 0.15) is 5.39 Å². The van der Waals surface area contributed by atoms with Crippen molar-refractivity contribution in [2.75, 3.05) is 5.32 Å². The molecular formula is C22H24N4O3. The number of carbonyl (C=O) groups is 1. The lowest BCUT2D eigenvalue weighted by Crippen LogP contribution is -2.14. The molecule has 2 aromatic heterocycles. The van der Waals surface area contributed by atoms with E-state index in [1.54, 1.807) is 6.20 Å². The molecule has 0 radical (unpaired) electrons. The molecule has 3 N–H and O–H groups in total. The number of rotatable bonds is 4. The van der Waals surface area contributed by atoms with Crippen LogP contribution in [0.3, 0.4) is 0 Å². The van der Waals surface area contributed by atoms with E-state index in [0.29, 0.717) is 30.1 Å². The van der Waals surface area contributed by atoms with Crippen LogP contribution in [0.5, 0.6) is 0 Å². The van der Waals surface area contributed by atoms with Gasteiger partial charge < -0.3 is 15.4 Å². The van der Waals surface area contributed by atoms with Crippen LogP contribution in [0.4, 0.5) is 11.5 Å². The summed E-state index contributed by atoms with van der Waals surface area (Å²) in [6.07, 6.45) is 8.59. The molecular weight excluding hydrogens is 368 g/mol. The number of pyridine rings is 1. The molecule has 0 spiro atoms. The molecule has 1 atom stereocenters. The molecule has 0 aliphatic heterocycles. The highest BCUT2D eigenvalue weighted by atomic mass is 16.4. The lowest BCUT2D eigenvalue weighted by Gasteiger charge is -2.22. The Bertz CT molecular complexity index is 1140. The van der Waals surface area contributed by atoms with Crippen molar-refractivity contribution in [2.24, 2.45) is 5.92 Å². The minimum absolute atomic E-state index is 0.154. The van der Waals surface area contributed by atoms with Crippen LogP contribution >= 0.6 is 0 Å². The third-order valence-electron chi connectivity index (χ3n) is 6.30. The van der Waals surface area contributed by atoms with Crippen LogP contribution in [-0.2, 0) is 17.6 Å². The van der Waals surface area contributed by atoms with Crippen molar-refractivity contribution in [3.05, 3.63) is 51.9 Å². The fourth-order valence-corrected chi connectivity index (χ4v) is 4.80. The number of carboxylic acid groups (broad SMARTS) is 1. The number of nitrogens with one attached hydrogen (secondary N) is 2. The van der Waals surface area contributed by atoms with Crippen LogP contribution in [0.25, 0.3) is 10.9 Å². The molecule has 0 amide bonds. The van der Waals surface area contributed by atoms with Crippen molar-refractivity contribution in [3.8, 4) is 0 Å². The van der Waals surface area contributed by atoms with Gasteiger partial charge in [-0.3, -0.25) is 14.3 Å². The first-order chi connectivity index (χ1) is 14.1. The van der Waals surface area contributed by atoms with Crippen LogP contribution in [0.15, 0.2) is 35.3 Å². The SMILES string of the molecule is O=C(O)C1Cc2ccc(Nc3nn(C4CCCCC4)c4cc[nH]c(=O)c34)cc2C1. The second-order valence-electron chi connectivity index (χ2n) is 8.20. The summed E-state index contributed by atoms with van der Waals surface area (Å²) in [5.41, 5.74) is 3.66. The van der Waals surface area contributed by atoms with Gasteiger partial charge in [-0.2, -0.15) is 5.10 Å². The summed E-state index contributed by atoms with van der Waals surface area (Å²) in [4.78, 5) is 26.7. The standard InChI is InChI=1S/C22H24N4O3/c27-21-19-18(8-9-23-21)26(17-4-2-1-3-5-17)25-20(19)24-16-7-6-13-10-15(22(28)29)11-14(13)12-16/h6-9,12,15,17H,1-5,10-11H2,(H,23,27)(H,24,25)(H,28,29). The van der Waals surface area contributed by atoms with E-state index in [-0.39, 0.29) is 11.5 Å². The van der Waals surface area contributed by atoms with Gasteiger partial charge in [0.15, 0.2) is 5.82 Å². The fourth-order valence-electron chi connectivity index (χ4n) is 4.80. The Balaban J connectivity index is 1.51. The van der Waals surface area contributed by atoms with Crippen LogP contribution in [0, 0.1) is 5.92 Å². The van der Waals surface area contributed by atoms with E-state index in [1.807, 2.05) is 28.9 Å². The molecule has 1 aromatic carbocycles. The van der Waals surface area contributed by atoms with Crippen LogP contribution in [0.2, 0.25) is 0 Å². The van der Waals surface area contributed by atoms with Crippen LogP contribution in [-0.4, -0.2) is 25.8 Å². The number of anilines is 2. The van der Waals surface area contributed by atoms with Crippen molar-refractivity contribution in [1.82, 2.24) is 14.8 Å². The molecule has 5 rings (SSSR count). The average Bonchev–Trinajstić information content (AvgIpc) is 3.31. The van der Waals surface area contributed by atoms with E-state index in [9.17, 15) is 14.7 Å². The molecule has 1 saturated carbocycles. The first-order valence-corrected chi connectivity index (χ1v) is 10.3. The summed E-state index contributed by atoms with van der Waals surface area (Å²) in [5.74, 6) is -0.547. The zero-order chi connectivity index (χ0) is 20.0. The minimum Gasteiger partial charge on any atom is -0.481 e. The Labute approximate surface area is 167 Å². The Hall–Kier alpha value is -3.09. The van der Waals surface area contributed by atoms with E-state index in [2.05, 4.69) is 10.3 Å². The van der Waals surface area contributed by atoms with Gasteiger partial charge in [0, 0.05) is 11.9 Å². The van der Waals surface area contributed by atoms with Gasteiger partial charge >= 0.3 is 5.97 Å². The van der Waals surface area contributed by atoms with E-state index in [0.717, 1.165) is 35.2 Å². The van der Waals surface area contributed by atoms with Gasteiger partial charge in [0.05, 0.1) is 17.5 Å². The summed E-state index contributed by atoms with van der Waals surface area (Å²) in [7, 11) is 0. The summed E-state index contributed by atoms with van der Waals surface area (Å²) in [6.45, 7) is 0. The summed E-state index contributed by atoms with van der Waals surface area (Å²) < 4.78 is 2.01. The monoisotopic (exact) mass is 392 g/mol. The number of aliphatic carboxylic acids is 1. The molecule has 2 aliphatic carbocycles. The second kappa shape index (κ2) is 7.06. The van der Waals surface area contributed by atoms with Crippen molar-refractivity contribution in [3.63, 3.8) is 0 Å². The van der Waals surface area contributed by atoms with Crippen molar-refractivity contribution in [2.45, 2.75) is 51.0 Å². The predicted octanol–water partition coefficient (Wildman–Crippen LogP) is 3.77. The molecule has 0 saturated heterocycles. The Morgan fingerprint density at radius 3 is 2.72 bits per heavy atom. The molecule has 2 heterocycles. The lowest BCUT2D eigenvalue weighted by molar-refractivity contribution is -0.141. The molecule has 1 fully saturated rings. The molecule has 3 aromatic rings. The van der Waals surface area contributed by atoms with Gasteiger partial charge in [0.25, 0.3) is 5.56 Å². The smallest absolute Gasteiger partial charge is 0.307 e. The van der Waals surface area contributed by atoms with Gasteiger partial charge in [-0.05, 0) is 55.0 Å². The number of hydrogen-bond donors (Lipinski definition) is 3. The maximum Gasteiger partial charge on any atom is 0.307 e. The normalized spacial score (nSPS) is 19.4. The minimum atomic E-state index is -0.750. The Morgan fingerprint density at radius 1 is 1.14 bits per heavy atom. The number of hydrogen-bond acceptors (Lipinski definition) is 4. The van der Waals surface area contributed by atoms with Crippen LogP contribution < -0.4 is 10.9 Å². The number of fused-ring (bicyclic) bond motifs is 2. The van der Waals surface area contributed by atoms with Crippen molar-refractivity contribution < 1.29 is 9.90 Å². The molecule has 7 nitrogen and oxygen atoms in total. The highest BCUT2D eigenvalue weighted by Gasteiger charge is 2.27. The highest BCUT2D eigenvalue weighted by molar-refractivity contribution is 5.91. The predicted molar refractivity (Wildman–Crippen MR) is 111 cm³/mol. The zero-order valence-corrected chi connectivity index (χ0v) is 16.1. The van der Waals surface area contributed by atoms with Crippen LogP contribution in [0.1, 0.15) is 49.3 Å².